The summed E-state index contributed by atoms with van der Waals surface area (Å²) >= 11 is 6.14. The highest BCUT2D eigenvalue weighted by Gasteiger charge is 2.07. The minimum atomic E-state index is 0.426. The molecule has 1 heteroatoms. The van der Waals surface area contributed by atoms with Crippen LogP contribution in [0.5, 0.6) is 0 Å². The van der Waals surface area contributed by atoms with Gasteiger partial charge in [0.15, 0.2) is 0 Å². The summed E-state index contributed by atoms with van der Waals surface area (Å²) in [5.41, 5.74) is 0. The summed E-state index contributed by atoms with van der Waals surface area (Å²) < 4.78 is 0. The summed E-state index contributed by atoms with van der Waals surface area (Å²) in [6, 6.07) is 0. The Kier molecular flexibility index (Phi) is 8.11. The van der Waals surface area contributed by atoms with Gasteiger partial charge in [0.1, 0.15) is 0 Å². The SMILES string of the molecule is CCCC(Cl)CCC(CC)CC. The lowest BCUT2D eigenvalue weighted by atomic mass is 9.96. The maximum Gasteiger partial charge on any atom is 0.0336 e. The quantitative estimate of drug-likeness (QED) is 0.515. The summed E-state index contributed by atoms with van der Waals surface area (Å²) in [5, 5.41) is 0.426. The standard InChI is InChI=1S/C11H23Cl/c1-4-7-11(12)9-8-10(5-2)6-3/h10-11H,4-9H2,1-3H3. The van der Waals surface area contributed by atoms with Crippen molar-refractivity contribution in [3.05, 3.63) is 0 Å². The molecule has 0 amide bonds. The van der Waals surface area contributed by atoms with E-state index in [0.717, 1.165) is 5.92 Å². The van der Waals surface area contributed by atoms with Crippen molar-refractivity contribution in [3.63, 3.8) is 0 Å². The molecule has 0 nitrogen and oxygen atoms in total. The number of hydrogen-bond donors (Lipinski definition) is 0. The van der Waals surface area contributed by atoms with Gasteiger partial charge in [-0.1, -0.05) is 40.0 Å². The van der Waals surface area contributed by atoms with Crippen LogP contribution in [0.15, 0.2) is 0 Å². The first kappa shape index (κ1) is 12.3. The lowest BCUT2D eigenvalue weighted by molar-refractivity contribution is 0.431. The molecule has 0 radical (unpaired) electrons. The van der Waals surface area contributed by atoms with E-state index in [-0.39, 0.29) is 0 Å². The molecule has 0 aromatic rings. The molecule has 1 atom stereocenters. The Balaban J connectivity index is 3.37. The minimum Gasteiger partial charge on any atom is -0.123 e. The van der Waals surface area contributed by atoms with Gasteiger partial charge in [-0.25, -0.2) is 0 Å². The van der Waals surface area contributed by atoms with Crippen molar-refractivity contribution < 1.29 is 0 Å². The Labute approximate surface area is 82.7 Å². The van der Waals surface area contributed by atoms with Crippen LogP contribution < -0.4 is 0 Å². The Bertz CT molecular complexity index is 87.0. The van der Waals surface area contributed by atoms with Crippen LogP contribution in [0.4, 0.5) is 0 Å². The average molecular weight is 191 g/mol. The Morgan fingerprint density at radius 1 is 0.917 bits per heavy atom. The maximum atomic E-state index is 6.14. The highest BCUT2D eigenvalue weighted by atomic mass is 35.5. The first-order valence-corrected chi connectivity index (χ1v) is 5.82. The summed E-state index contributed by atoms with van der Waals surface area (Å²) in [6.07, 6.45) is 7.56. The fraction of sp³-hybridized carbons (Fsp3) is 1.00. The second-order valence-corrected chi connectivity index (χ2v) is 4.26. The molecule has 0 N–H and O–H groups in total. The zero-order valence-corrected chi connectivity index (χ0v) is 9.53. The molecule has 74 valence electrons. The van der Waals surface area contributed by atoms with Crippen LogP contribution in [-0.2, 0) is 0 Å². The third-order valence-electron chi connectivity index (χ3n) is 2.64. The van der Waals surface area contributed by atoms with E-state index in [9.17, 15) is 0 Å². The van der Waals surface area contributed by atoms with Gasteiger partial charge >= 0.3 is 0 Å². The van der Waals surface area contributed by atoms with Crippen molar-refractivity contribution in [2.24, 2.45) is 5.92 Å². The second-order valence-electron chi connectivity index (χ2n) is 3.65. The smallest absolute Gasteiger partial charge is 0.0336 e. The van der Waals surface area contributed by atoms with Crippen LogP contribution in [0.25, 0.3) is 0 Å². The van der Waals surface area contributed by atoms with E-state index in [2.05, 4.69) is 20.8 Å². The van der Waals surface area contributed by atoms with Gasteiger partial charge in [0.2, 0.25) is 0 Å². The van der Waals surface area contributed by atoms with Crippen LogP contribution in [0.2, 0.25) is 0 Å². The normalized spacial score (nSPS) is 13.8. The fourth-order valence-electron chi connectivity index (χ4n) is 1.57. The Morgan fingerprint density at radius 2 is 1.50 bits per heavy atom. The van der Waals surface area contributed by atoms with Crippen molar-refractivity contribution >= 4 is 11.6 Å². The molecule has 0 aliphatic carbocycles. The monoisotopic (exact) mass is 190 g/mol. The molecule has 0 aromatic heterocycles. The second kappa shape index (κ2) is 7.91. The van der Waals surface area contributed by atoms with Crippen molar-refractivity contribution in [3.8, 4) is 0 Å². The van der Waals surface area contributed by atoms with E-state index < -0.39 is 0 Å². The van der Waals surface area contributed by atoms with Crippen LogP contribution in [0.1, 0.15) is 59.3 Å². The van der Waals surface area contributed by atoms with E-state index in [1.807, 2.05) is 0 Å². The predicted octanol–water partition coefficient (Wildman–Crippen LogP) is 4.61. The number of rotatable bonds is 7. The van der Waals surface area contributed by atoms with Gasteiger partial charge in [0.25, 0.3) is 0 Å². The molecule has 0 heterocycles. The molecule has 0 saturated carbocycles. The fourth-order valence-corrected chi connectivity index (χ4v) is 1.92. The van der Waals surface area contributed by atoms with Crippen LogP contribution in [-0.4, -0.2) is 5.38 Å². The molecule has 0 aliphatic rings. The molecule has 12 heavy (non-hydrogen) atoms. The largest absolute Gasteiger partial charge is 0.123 e. The predicted molar refractivity (Wildman–Crippen MR) is 57.9 cm³/mol. The lowest BCUT2D eigenvalue weighted by Gasteiger charge is -2.14. The highest BCUT2D eigenvalue weighted by Crippen LogP contribution is 2.20. The Hall–Kier alpha value is 0.290. The van der Waals surface area contributed by atoms with Crippen molar-refractivity contribution in [2.45, 2.75) is 64.7 Å². The van der Waals surface area contributed by atoms with Gasteiger partial charge in [-0.15, -0.1) is 11.6 Å². The topological polar surface area (TPSA) is 0 Å². The molecule has 1 unspecified atom stereocenters. The molecule has 0 rings (SSSR count). The number of halogens is 1. The van der Waals surface area contributed by atoms with Gasteiger partial charge in [-0.3, -0.25) is 0 Å². The summed E-state index contributed by atoms with van der Waals surface area (Å²) in [7, 11) is 0. The van der Waals surface area contributed by atoms with Crippen molar-refractivity contribution in [2.75, 3.05) is 0 Å². The van der Waals surface area contributed by atoms with E-state index in [0.29, 0.717) is 5.38 Å². The van der Waals surface area contributed by atoms with Crippen molar-refractivity contribution in [1.82, 2.24) is 0 Å². The molecule has 0 bridgehead atoms. The summed E-state index contributed by atoms with van der Waals surface area (Å²) in [4.78, 5) is 0. The first-order valence-electron chi connectivity index (χ1n) is 5.38. The molecule has 0 fully saturated rings. The highest BCUT2D eigenvalue weighted by molar-refractivity contribution is 6.20. The van der Waals surface area contributed by atoms with E-state index in [1.54, 1.807) is 0 Å². The first-order chi connectivity index (χ1) is 5.74. The molecular formula is C11H23Cl. The molecular weight excluding hydrogens is 168 g/mol. The molecule has 0 aliphatic heterocycles. The third-order valence-corrected chi connectivity index (χ3v) is 3.08. The van der Waals surface area contributed by atoms with E-state index >= 15 is 0 Å². The van der Waals surface area contributed by atoms with Gasteiger partial charge in [0.05, 0.1) is 0 Å². The third kappa shape index (κ3) is 5.88. The average Bonchev–Trinajstić information content (AvgIpc) is 2.07. The summed E-state index contributed by atoms with van der Waals surface area (Å²) in [5.74, 6) is 0.906. The lowest BCUT2D eigenvalue weighted by Crippen LogP contribution is -2.03. The number of hydrogen-bond acceptors (Lipinski definition) is 0. The van der Waals surface area contributed by atoms with Crippen LogP contribution >= 0.6 is 11.6 Å². The zero-order valence-electron chi connectivity index (χ0n) is 8.78. The van der Waals surface area contributed by atoms with Crippen molar-refractivity contribution in [1.29, 1.82) is 0 Å². The van der Waals surface area contributed by atoms with Gasteiger partial charge in [-0.2, -0.15) is 0 Å². The van der Waals surface area contributed by atoms with Gasteiger partial charge in [-0.05, 0) is 25.2 Å². The van der Waals surface area contributed by atoms with Crippen LogP contribution in [0, 0.1) is 5.92 Å². The summed E-state index contributed by atoms with van der Waals surface area (Å²) in [6.45, 7) is 6.75. The van der Waals surface area contributed by atoms with Crippen LogP contribution in [0.3, 0.4) is 0 Å². The zero-order chi connectivity index (χ0) is 9.40. The number of alkyl halides is 1. The molecule has 0 saturated heterocycles. The molecule has 0 aromatic carbocycles. The Morgan fingerprint density at radius 3 is 1.92 bits per heavy atom. The van der Waals surface area contributed by atoms with Gasteiger partial charge < -0.3 is 0 Å². The minimum absolute atomic E-state index is 0.426. The van der Waals surface area contributed by atoms with E-state index in [4.69, 9.17) is 11.6 Å². The molecule has 0 spiro atoms. The van der Waals surface area contributed by atoms with E-state index in [1.165, 1.54) is 38.5 Å². The van der Waals surface area contributed by atoms with Gasteiger partial charge in [0, 0.05) is 5.38 Å². The maximum absolute atomic E-state index is 6.14.